The van der Waals surface area contributed by atoms with E-state index < -0.39 is 0 Å². The van der Waals surface area contributed by atoms with Gasteiger partial charge in [-0.2, -0.15) is 0 Å². The fourth-order valence-corrected chi connectivity index (χ4v) is 9.06. The number of carbonyl (C=O) groups excluding carboxylic acids is 1. The van der Waals surface area contributed by atoms with Crippen molar-refractivity contribution in [1.82, 2.24) is 0 Å². The van der Waals surface area contributed by atoms with E-state index in [0.717, 1.165) is 13.3 Å². The molecular weight excluding hydrogens is 629 g/mol. The monoisotopic (exact) mass is 654 g/mol. The molecule has 0 aromatic carbocycles. The molecule has 0 radical (unpaired) electrons. The number of ketones is 1. The lowest BCUT2D eigenvalue weighted by atomic mass is 9.85. The summed E-state index contributed by atoms with van der Waals surface area (Å²) in [5.74, 6) is 1.28. The zero-order valence-corrected chi connectivity index (χ0v) is 20.9. The van der Waals surface area contributed by atoms with Gasteiger partial charge >= 0.3 is 0 Å². The van der Waals surface area contributed by atoms with Crippen LogP contribution in [0.5, 0.6) is 0 Å². The van der Waals surface area contributed by atoms with E-state index in [0.29, 0.717) is 17.0 Å². The van der Waals surface area contributed by atoms with Gasteiger partial charge in [0.05, 0.1) is 0 Å². The smallest absolute Gasteiger partial charge is 0.139 e. The van der Waals surface area contributed by atoms with E-state index in [1.807, 2.05) is 35.4 Å². The molecule has 3 unspecified atom stereocenters. The Bertz CT molecular complexity index is 293. The van der Waals surface area contributed by atoms with Gasteiger partial charge in [-0.15, -0.1) is 0 Å². The van der Waals surface area contributed by atoms with Crippen LogP contribution in [0, 0.1) is 17.8 Å². The van der Waals surface area contributed by atoms with Crippen LogP contribution in [0.3, 0.4) is 0 Å². The van der Waals surface area contributed by atoms with E-state index in [1.54, 1.807) is 0 Å². The molecule has 3 atom stereocenters. The van der Waals surface area contributed by atoms with Crippen molar-refractivity contribution in [2.24, 2.45) is 17.8 Å². The average Bonchev–Trinajstić information content (AvgIpc) is 2.36. The van der Waals surface area contributed by atoms with Gasteiger partial charge in [0, 0.05) is 35.1 Å². The molecule has 0 aliphatic carbocycles. The molecule has 0 aliphatic rings. The van der Waals surface area contributed by atoms with Crippen LogP contribution in [0.1, 0.15) is 34.6 Å². The Morgan fingerprint density at radius 1 is 1.05 bits per heavy atom. The molecule has 0 fully saturated rings. The highest BCUT2D eigenvalue weighted by molar-refractivity contribution is 14.1. The molecule has 0 aromatic heterocycles. The third-order valence-corrected chi connectivity index (χ3v) is 10.2. The molecule has 20 heavy (non-hydrogen) atoms. The Labute approximate surface area is 173 Å². The average molecular weight is 654 g/mol. The number of hydrogen-bond donors (Lipinski definition) is 0. The third kappa shape index (κ3) is 8.42. The third-order valence-electron chi connectivity index (χ3n) is 2.85. The van der Waals surface area contributed by atoms with Crippen LogP contribution in [0.4, 0.5) is 0 Å². The number of hydrogen-bond acceptors (Lipinski definition) is 3. The molecule has 0 heterocycles. The van der Waals surface area contributed by atoms with Crippen molar-refractivity contribution in [1.29, 1.82) is 0 Å². The minimum absolute atomic E-state index is 0.148. The first-order chi connectivity index (χ1) is 9.17. The van der Waals surface area contributed by atoms with Crippen LogP contribution in [-0.4, -0.2) is 29.1 Å². The largest absolute Gasteiger partial charge is 0.299 e. The van der Waals surface area contributed by atoms with Gasteiger partial charge in [0.25, 0.3) is 0 Å². The first kappa shape index (κ1) is 22.6. The van der Waals surface area contributed by atoms with Crippen LogP contribution in [0.25, 0.3) is 0 Å². The highest BCUT2D eigenvalue weighted by Gasteiger charge is 2.34. The van der Waals surface area contributed by atoms with Gasteiger partial charge in [0.1, 0.15) is 5.78 Å². The van der Waals surface area contributed by atoms with Crippen molar-refractivity contribution < 1.29 is 4.79 Å². The van der Waals surface area contributed by atoms with Crippen molar-refractivity contribution in [3.63, 3.8) is 0 Å². The number of carbonyl (C=O) groups is 1. The van der Waals surface area contributed by atoms with Gasteiger partial charge in [-0.3, -0.25) is 4.79 Å². The van der Waals surface area contributed by atoms with Crippen molar-refractivity contribution in [2.75, 3.05) is 13.3 Å². The molecule has 0 saturated carbocycles. The summed E-state index contributed by atoms with van der Waals surface area (Å²) in [6, 6.07) is 0. The lowest BCUT2D eigenvalue weighted by Crippen LogP contribution is -2.36. The second-order valence-corrected chi connectivity index (χ2v) is 12.0. The minimum atomic E-state index is 0.148. The summed E-state index contributed by atoms with van der Waals surface area (Å²) in [6.07, 6.45) is 0. The molecule has 1 nitrogen and oxygen atoms in total. The molecule has 0 N–H and O–H groups in total. The molecule has 0 bridgehead atoms. The van der Waals surface area contributed by atoms with Crippen molar-refractivity contribution >= 4 is 95.1 Å². The molecule has 0 amide bonds. The number of rotatable bonds is 9. The summed E-state index contributed by atoms with van der Waals surface area (Å²) >= 11 is 7.33. The molecule has 0 spiro atoms. The topological polar surface area (TPSA) is 17.1 Å². The normalized spacial score (nSPS) is 17.1. The highest BCUT2D eigenvalue weighted by atomic mass is 127. The van der Waals surface area contributed by atoms with Crippen LogP contribution < -0.4 is 0 Å². The summed E-state index contributed by atoms with van der Waals surface area (Å²) in [5, 5.41) is 0.555. The summed E-state index contributed by atoms with van der Waals surface area (Å²) < 4.78 is 3.38. The number of Topliss-reactive ketones (excluding diaryl/α,β-unsaturated/α-hetero) is 1. The minimum Gasteiger partial charge on any atom is -0.299 e. The molecule has 0 saturated heterocycles. The van der Waals surface area contributed by atoms with Gasteiger partial charge in [0.2, 0.25) is 0 Å². The maximum Gasteiger partial charge on any atom is 0.139 e. The predicted molar refractivity (Wildman–Crippen MR) is 122 cm³/mol. The molecule has 0 rings (SSSR count). The van der Waals surface area contributed by atoms with Crippen LogP contribution in [0.2, 0.25) is 0 Å². The zero-order chi connectivity index (χ0) is 15.9. The molecule has 120 valence electrons. The fraction of sp³-hybridized carbons (Fsp3) is 0.929. The fourth-order valence-electron chi connectivity index (χ4n) is 1.71. The van der Waals surface area contributed by atoms with E-state index in [1.165, 1.54) is 0 Å². The van der Waals surface area contributed by atoms with Gasteiger partial charge in [-0.05, 0) is 5.92 Å². The van der Waals surface area contributed by atoms with Crippen LogP contribution in [0.15, 0.2) is 0 Å². The Kier molecular flexibility index (Phi) is 12.6. The van der Waals surface area contributed by atoms with E-state index in [4.69, 9.17) is 0 Å². The second-order valence-electron chi connectivity index (χ2n) is 6.12. The van der Waals surface area contributed by atoms with E-state index in [9.17, 15) is 4.79 Å². The van der Waals surface area contributed by atoms with Gasteiger partial charge in [-0.1, -0.05) is 124 Å². The lowest BCUT2D eigenvalue weighted by Gasteiger charge is -2.31. The maximum atomic E-state index is 12.5. The van der Waals surface area contributed by atoms with Crippen molar-refractivity contribution in [3.05, 3.63) is 0 Å². The summed E-state index contributed by atoms with van der Waals surface area (Å²) in [7, 11) is 3.94. The molecular formula is C14H25I3OS2. The van der Waals surface area contributed by atoms with Crippen LogP contribution in [-0.2, 0) is 4.79 Å². The first-order valence-electron chi connectivity index (χ1n) is 6.74. The Morgan fingerprint density at radius 2 is 1.60 bits per heavy atom. The lowest BCUT2D eigenvalue weighted by molar-refractivity contribution is -0.126. The quantitative estimate of drug-likeness (QED) is 0.165. The van der Waals surface area contributed by atoms with E-state index >= 15 is 0 Å². The van der Waals surface area contributed by atoms with E-state index in [2.05, 4.69) is 88.5 Å². The number of halogens is 3. The summed E-state index contributed by atoms with van der Waals surface area (Å²) in [6.45, 7) is 10.8. The SMILES string of the molecule is CC(C)C(=O)C(CI)C(CI)C(CI)SSC(C)(C)C. The first-order valence-corrected chi connectivity index (χ1v) is 13.5. The van der Waals surface area contributed by atoms with Gasteiger partial charge in [0.15, 0.2) is 0 Å². The number of alkyl halides is 3. The Hall–Kier alpha value is 2.56. The standard InChI is InChI=1S/C14H25I3OS2/c1-9(2)13(18)11(7-16)10(6-15)12(8-17)19-20-14(3,4)5/h9-12H,6-8H2,1-5H3. The van der Waals surface area contributed by atoms with Crippen molar-refractivity contribution in [2.45, 2.75) is 44.6 Å². The maximum absolute atomic E-state index is 12.5. The van der Waals surface area contributed by atoms with Crippen LogP contribution >= 0.6 is 89.4 Å². The highest BCUT2D eigenvalue weighted by Crippen LogP contribution is 2.43. The van der Waals surface area contributed by atoms with E-state index in [-0.39, 0.29) is 16.6 Å². The Balaban J connectivity index is 4.93. The predicted octanol–water partition coefficient (Wildman–Crippen LogP) is 6.30. The molecule has 0 aliphatic heterocycles. The molecule has 6 heteroatoms. The van der Waals surface area contributed by atoms with Crippen molar-refractivity contribution in [3.8, 4) is 0 Å². The summed E-state index contributed by atoms with van der Waals surface area (Å²) in [5.41, 5.74) is 0. The zero-order valence-electron chi connectivity index (χ0n) is 12.8. The van der Waals surface area contributed by atoms with Gasteiger partial charge in [-0.25, -0.2) is 0 Å². The van der Waals surface area contributed by atoms with Gasteiger partial charge < -0.3 is 0 Å². The Morgan fingerprint density at radius 3 is 1.90 bits per heavy atom. The molecule has 0 aromatic rings. The summed E-state index contributed by atoms with van der Waals surface area (Å²) in [4.78, 5) is 12.5. The second kappa shape index (κ2) is 11.2.